The Hall–Kier alpha value is -1.14. The van der Waals surface area contributed by atoms with E-state index in [0.717, 1.165) is 24.4 Å². The SMILES string of the molecule is CCOc1ccccc1C(O)CN1CC(OC)C(OC)C1. The van der Waals surface area contributed by atoms with Crippen LogP contribution in [0.3, 0.4) is 0 Å². The maximum Gasteiger partial charge on any atom is 0.125 e. The summed E-state index contributed by atoms with van der Waals surface area (Å²) < 4.78 is 16.4. The molecule has 1 fully saturated rings. The molecule has 3 atom stereocenters. The second kappa shape index (κ2) is 7.75. The van der Waals surface area contributed by atoms with Crippen LogP contribution in [0.15, 0.2) is 24.3 Å². The van der Waals surface area contributed by atoms with Gasteiger partial charge in [-0.3, -0.25) is 4.90 Å². The molecule has 3 unspecified atom stereocenters. The van der Waals surface area contributed by atoms with Gasteiger partial charge < -0.3 is 19.3 Å². The van der Waals surface area contributed by atoms with Crippen LogP contribution in [0, 0.1) is 0 Å². The number of methoxy groups -OCH3 is 2. The highest BCUT2D eigenvalue weighted by Gasteiger charge is 2.34. The first-order valence-corrected chi connectivity index (χ1v) is 7.37. The second-order valence-corrected chi connectivity index (χ2v) is 5.25. The fraction of sp³-hybridized carbons (Fsp3) is 0.625. The molecule has 0 aliphatic carbocycles. The molecule has 1 N–H and O–H groups in total. The Labute approximate surface area is 126 Å². The first-order chi connectivity index (χ1) is 10.2. The molecule has 5 heteroatoms. The number of rotatable bonds is 7. The van der Waals surface area contributed by atoms with Crippen molar-refractivity contribution < 1.29 is 19.3 Å². The fourth-order valence-electron chi connectivity index (χ4n) is 2.81. The lowest BCUT2D eigenvalue weighted by Gasteiger charge is -2.21. The average molecular weight is 295 g/mol. The molecule has 1 aromatic rings. The Balaban J connectivity index is 2.00. The Morgan fingerprint density at radius 3 is 2.38 bits per heavy atom. The Bertz CT molecular complexity index is 428. The van der Waals surface area contributed by atoms with Crippen molar-refractivity contribution in [3.8, 4) is 5.75 Å². The van der Waals surface area contributed by atoms with Gasteiger partial charge in [-0.1, -0.05) is 18.2 Å². The van der Waals surface area contributed by atoms with Gasteiger partial charge in [-0.15, -0.1) is 0 Å². The van der Waals surface area contributed by atoms with Crippen LogP contribution in [0.25, 0.3) is 0 Å². The van der Waals surface area contributed by atoms with Crippen molar-refractivity contribution in [1.82, 2.24) is 4.90 Å². The van der Waals surface area contributed by atoms with Gasteiger partial charge >= 0.3 is 0 Å². The highest BCUT2D eigenvalue weighted by Crippen LogP contribution is 2.27. The molecule has 0 bridgehead atoms. The zero-order valence-corrected chi connectivity index (χ0v) is 13.0. The number of para-hydroxylation sites is 1. The van der Waals surface area contributed by atoms with E-state index in [0.29, 0.717) is 13.2 Å². The van der Waals surface area contributed by atoms with E-state index in [4.69, 9.17) is 14.2 Å². The number of nitrogens with zero attached hydrogens (tertiary/aromatic N) is 1. The van der Waals surface area contributed by atoms with E-state index in [1.165, 1.54) is 0 Å². The number of ether oxygens (including phenoxy) is 3. The summed E-state index contributed by atoms with van der Waals surface area (Å²) in [5.74, 6) is 0.748. The smallest absolute Gasteiger partial charge is 0.125 e. The summed E-state index contributed by atoms with van der Waals surface area (Å²) in [6, 6.07) is 7.63. The van der Waals surface area contributed by atoms with Crippen molar-refractivity contribution in [2.24, 2.45) is 0 Å². The minimum Gasteiger partial charge on any atom is -0.493 e. The summed E-state index contributed by atoms with van der Waals surface area (Å²) in [7, 11) is 3.39. The number of hydrogen-bond acceptors (Lipinski definition) is 5. The predicted octanol–water partition coefficient (Wildman–Crippen LogP) is 1.46. The molecule has 0 aromatic heterocycles. The van der Waals surface area contributed by atoms with Crippen LogP contribution in [0.4, 0.5) is 0 Å². The first-order valence-electron chi connectivity index (χ1n) is 7.37. The van der Waals surface area contributed by atoms with Gasteiger partial charge in [-0.05, 0) is 13.0 Å². The molecule has 0 saturated carbocycles. The maximum absolute atomic E-state index is 10.5. The predicted molar refractivity (Wildman–Crippen MR) is 80.6 cm³/mol. The van der Waals surface area contributed by atoms with Crippen molar-refractivity contribution >= 4 is 0 Å². The van der Waals surface area contributed by atoms with Crippen molar-refractivity contribution in [2.45, 2.75) is 25.2 Å². The third-order valence-corrected chi connectivity index (χ3v) is 3.91. The van der Waals surface area contributed by atoms with E-state index in [-0.39, 0.29) is 12.2 Å². The average Bonchev–Trinajstić information content (AvgIpc) is 2.90. The molecule has 118 valence electrons. The van der Waals surface area contributed by atoms with Gasteiger partial charge in [0.15, 0.2) is 0 Å². The van der Waals surface area contributed by atoms with Crippen LogP contribution < -0.4 is 4.74 Å². The summed E-state index contributed by atoms with van der Waals surface area (Å²) in [6.07, 6.45) is -0.463. The van der Waals surface area contributed by atoms with Gasteiger partial charge in [0.05, 0.1) is 24.9 Å². The monoisotopic (exact) mass is 295 g/mol. The normalized spacial score (nSPS) is 24.2. The first kappa shape index (κ1) is 16.2. The second-order valence-electron chi connectivity index (χ2n) is 5.25. The number of benzene rings is 1. The van der Waals surface area contributed by atoms with E-state index in [9.17, 15) is 5.11 Å². The minimum atomic E-state index is -0.583. The van der Waals surface area contributed by atoms with E-state index >= 15 is 0 Å². The van der Waals surface area contributed by atoms with E-state index < -0.39 is 6.10 Å². The number of likely N-dealkylation sites (tertiary alicyclic amines) is 1. The molecule has 1 aliphatic heterocycles. The Kier molecular flexibility index (Phi) is 5.99. The number of hydrogen-bond donors (Lipinski definition) is 1. The number of β-amino-alcohol motifs (C(OH)–C–C–N with tert-alkyl or cyclic N) is 1. The topological polar surface area (TPSA) is 51.2 Å². The third-order valence-electron chi connectivity index (χ3n) is 3.91. The molecular formula is C16H25NO4. The largest absolute Gasteiger partial charge is 0.493 e. The van der Waals surface area contributed by atoms with E-state index in [1.807, 2.05) is 31.2 Å². The Morgan fingerprint density at radius 2 is 1.81 bits per heavy atom. The molecule has 5 nitrogen and oxygen atoms in total. The highest BCUT2D eigenvalue weighted by molar-refractivity contribution is 5.35. The quantitative estimate of drug-likeness (QED) is 0.825. The summed E-state index contributed by atoms with van der Waals surface area (Å²) in [5, 5.41) is 10.5. The highest BCUT2D eigenvalue weighted by atomic mass is 16.5. The van der Waals surface area contributed by atoms with Crippen molar-refractivity contribution in [3.63, 3.8) is 0 Å². The Morgan fingerprint density at radius 1 is 1.19 bits per heavy atom. The van der Waals surface area contributed by atoms with Gasteiger partial charge in [-0.25, -0.2) is 0 Å². The van der Waals surface area contributed by atoms with Gasteiger partial charge in [-0.2, -0.15) is 0 Å². The summed E-state index contributed by atoms with van der Waals surface area (Å²) in [4.78, 5) is 2.16. The molecule has 0 spiro atoms. The van der Waals surface area contributed by atoms with Crippen LogP contribution in [0.5, 0.6) is 5.75 Å². The van der Waals surface area contributed by atoms with Crippen LogP contribution in [0.1, 0.15) is 18.6 Å². The maximum atomic E-state index is 10.5. The van der Waals surface area contributed by atoms with Crippen LogP contribution in [-0.2, 0) is 9.47 Å². The lowest BCUT2D eigenvalue weighted by molar-refractivity contribution is -0.00461. The van der Waals surface area contributed by atoms with Gasteiger partial charge in [0.2, 0.25) is 0 Å². The summed E-state index contributed by atoms with van der Waals surface area (Å²) in [5.41, 5.74) is 0.828. The zero-order chi connectivity index (χ0) is 15.2. The van der Waals surface area contributed by atoms with Gasteiger partial charge in [0.1, 0.15) is 5.75 Å². The van der Waals surface area contributed by atoms with Crippen LogP contribution in [0.2, 0.25) is 0 Å². The van der Waals surface area contributed by atoms with E-state index in [1.54, 1.807) is 14.2 Å². The van der Waals surface area contributed by atoms with Crippen molar-refractivity contribution in [1.29, 1.82) is 0 Å². The molecule has 1 saturated heterocycles. The molecule has 1 heterocycles. The molecule has 21 heavy (non-hydrogen) atoms. The van der Waals surface area contributed by atoms with Crippen molar-refractivity contribution in [3.05, 3.63) is 29.8 Å². The number of aliphatic hydroxyl groups is 1. The van der Waals surface area contributed by atoms with Gasteiger partial charge in [0, 0.05) is 39.4 Å². The zero-order valence-electron chi connectivity index (χ0n) is 13.0. The van der Waals surface area contributed by atoms with Crippen LogP contribution >= 0.6 is 0 Å². The molecule has 1 aromatic carbocycles. The molecular weight excluding hydrogens is 270 g/mol. The lowest BCUT2D eigenvalue weighted by Crippen LogP contribution is -2.28. The van der Waals surface area contributed by atoms with Crippen molar-refractivity contribution in [2.75, 3.05) is 40.5 Å². The molecule has 1 aliphatic rings. The summed E-state index contributed by atoms with van der Waals surface area (Å²) in [6.45, 7) is 4.61. The molecule has 0 amide bonds. The lowest BCUT2D eigenvalue weighted by atomic mass is 10.1. The minimum absolute atomic E-state index is 0.0596. The third kappa shape index (κ3) is 3.95. The summed E-state index contributed by atoms with van der Waals surface area (Å²) >= 11 is 0. The van der Waals surface area contributed by atoms with Gasteiger partial charge in [0.25, 0.3) is 0 Å². The fourth-order valence-corrected chi connectivity index (χ4v) is 2.81. The molecule has 0 radical (unpaired) electrons. The molecule has 2 rings (SSSR count). The standard InChI is InChI=1S/C16H25NO4/c1-4-21-14-8-6-5-7-12(14)13(18)9-17-10-15(19-2)16(11-17)20-3/h5-8,13,15-16,18H,4,9-11H2,1-3H3. The van der Waals surface area contributed by atoms with E-state index in [2.05, 4.69) is 4.90 Å². The van der Waals surface area contributed by atoms with Crippen LogP contribution in [-0.4, -0.2) is 62.7 Å². The number of aliphatic hydroxyl groups excluding tert-OH is 1.